The molecule has 1 atom stereocenters. The van der Waals surface area contributed by atoms with Crippen molar-refractivity contribution in [2.75, 3.05) is 0 Å². The number of nitrogens with zero attached hydrogens (tertiary/aromatic N) is 1. The molecule has 0 aliphatic carbocycles. The number of carbonyl (C=O) groups excluding carboxylic acids is 2. The maximum absolute atomic E-state index is 11.7. The molecule has 2 N–H and O–H groups in total. The third-order valence-electron chi connectivity index (χ3n) is 2.75. The summed E-state index contributed by atoms with van der Waals surface area (Å²) in [6.07, 6.45) is 2.79. The van der Waals surface area contributed by atoms with Crippen LogP contribution in [0.2, 0.25) is 0 Å². The Bertz CT molecular complexity index is 621. The molecule has 2 rings (SSSR count). The maximum atomic E-state index is 11.7. The highest BCUT2D eigenvalue weighted by Gasteiger charge is 2.16. The van der Waals surface area contributed by atoms with Gasteiger partial charge in [-0.1, -0.05) is 30.3 Å². The Morgan fingerprint density at radius 3 is 2.57 bits per heavy atom. The molecule has 21 heavy (non-hydrogen) atoms. The zero-order chi connectivity index (χ0) is 15.1. The van der Waals surface area contributed by atoms with E-state index in [1.165, 1.54) is 12.5 Å². The summed E-state index contributed by atoms with van der Waals surface area (Å²) < 4.78 is 5.00. The van der Waals surface area contributed by atoms with Crippen LogP contribution in [0.4, 0.5) is 0 Å². The highest BCUT2D eigenvalue weighted by atomic mass is 16.3. The van der Waals surface area contributed by atoms with Crippen LogP contribution in [0.3, 0.4) is 0 Å². The van der Waals surface area contributed by atoms with Gasteiger partial charge >= 0.3 is 11.8 Å². The lowest BCUT2D eigenvalue weighted by Crippen LogP contribution is -2.39. The average Bonchev–Trinajstić information content (AvgIpc) is 3.01. The smallest absolute Gasteiger partial charge is 0.329 e. The summed E-state index contributed by atoms with van der Waals surface area (Å²) in [5, 5.41) is 6.23. The van der Waals surface area contributed by atoms with E-state index in [9.17, 15) is 9.59 Å². The van der Waals surface area contributed by atoms with Crippen LogP contribution in [-0.2, 0) is 9.59 Å². The van der Waals surface area contributed by atoms with Gasteiger partial charge in [0.25, 0.3) is 0 Å². The Hall–Kier alpha value is -2.89. The van der Waals surface area contributed by atoms with Crippen LogP contribution in [0.5, 0.6) is 0 Å². The van der Waals surface area contributed by atoms with Gasteiger partial charge in [-0.15, -0.1) is 0 Å². The van der Waals surface area contributed by atoms with Crippen molar-refractivity contribution in [3.8, 4) is 0 Å². The van der Waals surface area contributed by atoms with Gasteiger partial charge in [-0.2, -0.15) is 5.10 Å². The van der Waals surface area contributed by atoms with Crippen LogP contribution in [0.1, 0.15) is 24.3 Å². The molecule has 2 amide bonds. The number of rotatable bonds is 4. The number of amides is 2. The van der Waals surface area contributed by atoms with E-state index in [1.54, 1.807) is 19.1 Å². The summed E-state index contributed by atoms with van der Waals surface area (Å²) in [4.78, 5) is 23.3. The van der Waals surface area contributed by atoms with Crippen molar-refractivity contribution in [2.45, 2.75) is 13.0 Å². The average molecular weight is 285 g/mol. The van der Waals surface area contributed by atoms with Gasteiger partial charge < -0.3 is 9.73 Å². The minimum absolute atomic E-state index is 0.265. The molecule has 0 aliphatic rings. The van der Waals surface area contributed by atoms with Gasteiger partial charge in [-0.3, -0.25) is 9.59 Å². The van der Waals surface area contributed by atoms with E-state index >= 15 is 0 Å². The molecule has 6 nitrogen and oxygen atoms in total. The normalized spacial score (nSPS) is 12.0. The minimum atomic E-state index is -0.833. The van der Waals surface area contributed by atoms with E-state index in [1.807, 2.05) is 30.3 Å². The molecule has 1 aromatic carbocycles. The van der Waals surface area contributed by atoms with E-state index < -0.39 is 11.8 Å². The third kappa shape index (κ3) is 4.31. The van der Waals surface area contributed by atoms with Gasteiger partial charge in [0, 0.05) is 0 Å². The van der Waals surface area contributed by atoms with Crippen molar-refractivity contribution in [3.63, 3.8) is 0 Å². The zero-order valence-corrected chi connectivity index (χ0v) is 11.4. The Labute approximate surface area is 121 Å². The third-order valence-corrected chi connectivity index (χ3v) is 2.75. The topological polar surface area (TPSA) is 83.7 Å². The van der Waals surface area contributed by atoms with E-state index in [0.717, 1.165) is 5.56 Å². The standard InChI is InChI=1S/C15H15N3O3/c1-11(12-6-3-2-4-7-12)17-14(19)15(20)18-16-10-13-8-5-9-21-13/h2-11H,1H3,(H,17,19)(H,18,20)/b16-10-/t11-/m0/s1. The van der Waals surface area contributed by atoms with Crippen molar-refractivity contribution in [1.82, 2.24) is 10.7 Å². The summed E-state index contributed by atoms with van der Waals surface area (Å²) in [6.45, 7) is 1.80. The molecule has 0 fully saturated rings. The molecule has 2 aromatic rings. The second-order valence-electron chi connectivity index (χ2n) is 4.32. The van der Waals surface area contributed by atoms with Gasteiger partial charge in [0.1, 0.15) is 5.76 Å². The first-order chi connectivity index (χ1) is 10.2. The molecule has 0 aliphatic heterocycles. The van der Waals surface area contributed by atoms with Gasteiger partial charge in [-0.25, -0.2) is 5.43 Å². The molecule has 0 radical (unpaired) electrons. The lowest BCUT2D eigenvalue weighted by Gasteiger charge is -2.13. The quantitative estimate of drug-likeness (QED) is 0.508. The fourth-order valence-electron chi connectivity index (χ4n) is 1.66. The molecule has 1 heterocycles. The summed E-state index contributed by atoms with van der Waals surface area (Å²) >= 11 is 0. The summed E-state index contributed by atoms with van der Waals surface area (Å²) in [5.74, 6) is -1.10. The highest BCUT2D eigenvalue weighted by molar-refractivity contribution is 6.35. The molecule has 0 saturated carbocycles. The van der Waals surface area contributed by atoms with E-state index in [4.69, 9.17) is 4.42 Å². The molecule has 108 valence electrons. The largest absolute Gasteiger partial charge is 0.463 e. The second kappa shape index (κ2) is 7.04. The van der Waals surface area contributed by atoms with Crippen LogP contribution in [0, 0.1) is 0 Å². The number of furan rings is 1. The fourth-order valence-corrected chi connectivity index (χ4v) is 1.66. The summed E-state index contributed by atoms with van der Waals surface area (Å²) in [6, 6.07) is 12.5. The number of carbonyl (C=O) groups is 2. The second-order valence-corrected chi connectivity index (χ2v) is 4.32. The van der Waals surface area contributed by atoms with Crippen LogP contribution in [0.15, 0.2) is 58.2 Å². The van der Waals surface area contributed by atoms with Gasteiger partial charge in [-0.05, 0) is 24.6 Å². The first kappa shape index (κ1) is 14.5. The Kier molecular flexibility index (Phi) is 4.87. The molecule has 0 spiro atoms. The SMILES string of the molecule is C[C@H](NC(=O)C(=O)N/N=C\c1ccco1)c1ccccc1. The van der Waals surface area contributed by atoms with Gasteiger partial charge in [0.15, 0.2) is 0 Å². The lowest BCUT2D eigenvalue weighted by molar-refractivity contribution is -0.139. The molecule has 6 heteroatoms. The number of hydrogen-bond acceptors (Lipinski definition) is 4. The number of benzene rings is 1. The predicted octanol–water partition coefficient (Wildman–Crippen LogP) is 1.61. The Morgan fingerprint density at radius 1 is 1.14 bits per heavy atom. The maximum Gasteiger partial charge on any atom is 0.329 e. The monoisotopic (exact) mass is 285 g/mol. The van der Waals surface area contributed by atoms with Gasteiger partial charge in [0.2, 0.25) is 0 Å². The van der Waals surface area contributed by atoms with Crippen LogP contribution in [-0.4, -0.2) is 18.0 Å². The van der Waals surface area contributed by atoms with Gasteiger partial charge in [0.05, 0.1) is 18.5 Å². The first-order valence-corrected chi connectivity index (χ1v) is 6.39. The van der Waals surface area contributed by atoms with Crippen LogP contribution < -0.4 is 10.7 Å². The van der Waals surface area contributed by atoms with Crippen molar-refractivity contribution in [3.05, 3.63) is 60.1 Å². The van der Waals surface area contributed by atoms with Crippen LogP contribution >= 0.6 is 0 Å². The summed E-state index contributed by atoms with van der Waals surface area (Å²) in [5.41, 5.74) is 3.05. The highest BCUT2D eigenvalue weighted by Crippen LogP contribution is 2.10. The van der Waals surface area contributed by atoms with E-state index in [2.05, 4.69) is 15.8 Å². The number of hydrazone groups is 1. The van der Waals surface area contributed by atoms with Crippen molar-refractivity contribution >= 4 is 18.0 Å². The molecule has 0 bridgehead atoms. The minimum Gasteiger partial charge on any atom is -0.463 e. The van der Waals surface area contributed by atoms with Crippen molar-refractivity contribution < 1.29 is 14.0 Å². The van der Waals surface area contributed by atoms with E-state index in [0.29, 0.717) is 5.76 Å². The van der Waals surface area contributed by atoms with Crippen molar-refractivity contribution in [2.24, 2.45) is 5.10 Å². The Morgan fingerprint density at radius 2 is 1.90 bits per heavy atom. The first-order valence-electron chi connectivity index (χ1n) is 6.39. The lowest BCUT2D eigenvalue weighted by atomic mass is 10.1. The fraction of sp³-hybridized carbons (Fsp3) is 0.133. The summed E-state index contributed by atoms with van der Waals surface area (Å²) in [7, 11) is 0. The predicted molar refractivity (Wildman–Crippen MR) is 77.4 cm³/mol. The number of nitrogens with one attached hydrogen (secondary N) is 2. The molecular weight excluding hydrogens is 270 g/mol. The van der Waals surface area contributed by atoms with Crippen LogP contribution in [0.25, 0.3) is 0 Å². The molecule has 1 aromatic heterocycles. The van der Waals surface area contributed by atoms with E-state index in [-0.39, 0.29) is 6.04 Å². The number of hydrogen-bond donors (Lipinski definition) is 2. The molecule has 0 saturated heterocycles. The van der Waals surface area contributed by atoms with Crippen molar-refractivity contribution in [1.29, 1.82) is 0 Å². The Balaban J connectivity index is 1.84. The molecule has 0 unspecified atom stereocenters. The molecular formula is C15H15N3O3. The zero-order valence-electron chi connectivity index (χ0n) is 11.4.